The molecule has 2 saturated heterocycles. The van der Waals surface area contributed by atoms with Gasteiger partial charge in [0.05, 0.1) is 5.56 Å². The van der Waals surface area contributed by atoms with Gasteiger partial charge in [0.25, 0.3) is 5.91 Å². The Morgan fingerprint density at radius 3 is 2.52 bits per heavy atom. The first kappa shape index (κ1) is 19.8. The van der Waals surface area contributed by atoms with Crippen molar-refractivity contribution >= 4 is 17.5 Å². The van der Waals surface area contributed by atoms with Crippen LogP contribution in [0, 0.1) is 11.3 Å². The van der Waals surface area contributed by atoms with Gasteiger partial charge in [0.1, 0.15) is 11.8 Å². The molecule has 6 heteroatoms. The maximum atomic E-state index is 12.4. The van der Waals surface area contributed by atoms with Crippen LogP contribution in [-0.4, -0.2) is 35.5 Å². The van der Waals surface area contributed by atoms with Crippen LogP contribution in [0.2, 0.25) is 5.02 Å². The number of nitrogens with zero attached hydrogens (tertiary/aromatic N) is 2. The van der Waals surface area contributed by atoms with Crippen molar-refractivity contribution in [3.05, 3.63) is 64.7 Å². The van der Waals surface area contributed by atoms with Crippen LogP contribution in [0.3, 0.4) is 0 Å². The van der Waals surface area contributed by atoms with Crippen molar-refractivity contribution in [1.82, 2.24) is 10.2 Å². The summed E-state index contributed by atoms with van der Waals surface area (Å²) in [7, 11) is 0. The van der Waals surface area contributed by atoms with E-state index in [2.05, 4.69) is 28.4 Å². The zero-order chi connectivity index (χ0) is 20.2. The van der Waals surface area contributed by atoms with Gasteiger partial charge < -0.3 is 10.1 Å². The normalized spacial score (nSPS) is 23.4. The van der Waals surface area contributed by atoms with Crippen molar-refractivity contribution in [3.63, 3.8) is 0 Å². The van der Waals surface area contributed by atoms with Gasteiger partial charge in [0.2, 0.25) is 0 Å². The molecule has 29 heavy (non-hydrogen) atoms. The maximum Gasteiger partial charge on any atom is 0.258 e. The molecule has 5 nitrogen and oxygen atoms in total. The lowest BCUT2D eigenvalue weighted by Crippen LogP contribution is -2.50. The predicted octanol–water partition coefficient (Wildman–Crippen LogP) is 3.90. The number of fused-ring (bicyclic) bond motifs is 2. The van der Waals surface area contributed by atoms with Crippen LogP contribution in [0.5, 0.6) is 5.75 Å². The molecule has 2 fully saturated rings. The molecule has 0 aliphatic carbocycles. The van der Waals surface area contributed by atoms with Crippen LogP contribution in [0.4, 0.5) is 0 Å². The van der Waals surface area contributed by atoms with E-state index in [1.807, 2.05) is 12.1 Å². The molecule has 2 aromatic rings. The fraction of sp³-hybridized carbons (Fsp3) is 0.391. The molecule has 0 spiro atoms. The maximum absolute atomic E-state index is 12.4. The van der Waals surface area contributed by atoms with E-state index in [1.54, 1.807) is 24.3 Å². The lowest BCUT2D eigenvalue weighted by atomic mass is 9.96. The largest absolute Gasteiger partial charge is 0.482 e. The van der Waals surface area contributed by atoms with Gasteiger partial charge in [-0.3, -0.25) is 9.69 Å². The number of ether oxygens (including phenoxy) is 1. The van der Waals surface area contributed by atoms with Crippen molar-refractivity contribution in [2.45, 2.75) is 50.4 Å². The molecule has 1 N–H and O–H groups in total. The number of benzene rings is 2. The van der Waals surface area contributed by atoms with E-state index in [9.17, 15) is 4.79 Å². The number of halogens is 1. The summed E-state index contributed by atoms with van der Waals surface area (Å²) in [6.07, 6.45) is 4.28. The Bertz CT molecular complexity index is 895. The second kappa shape index (κ2) is 8.86. The Labute approximate surface area is 176 Å². The summed E-state index contributed by atoms with van der Waals surface area (Å²) in [5, 5.41) is 13.0. The number of para-hydroxylation sites is 1. The zero-order valence-electron chi connectivity index (χ0n) is 16.2. The number of rotatable bonds is 6. The number of carbonyl (C=O) groups excluding carboxylic acids is 1. The minimum absolute atomic E-state index is 0.0704. The van der Waals surface area contributed by atoms with Crippen LogP contribution < -0.4 is 10.1 Å². The summed E-state index contributed by atoms with van der Waals surface area (Å²) in [4.78, 5) is 15.0. The second-order valence-corrected chi connectivity index (χ2v) is 8.25. The lowest BCUT2D eigenvalue weighted by Gasteiger charge is -2.39. The van der Waals surface area contributed by atoms with Crippen molar-refractivity contribution in [3.8, 4) is 11.8 Å². The number of hydrogen-bond donors (Lipinski definition) is 1. The van der Waals surface area contributed by atoms with Crippen LogP contribution in [0.1, 0.15) is 36.8 Å². The molecule has 1 unspecified atom stereocenters. The van der Waals surface area contributed by atoms with E-state index in [4.69, 9.17) is 21.6 Å². The fourth-order valence-corrected chi connectivity index (χ4v) is 4.67. The molecule has 3 atom stereocenters. The SMILES string of the molecule is N#Cc1ccccc1OCC(=O)NC1C[C@H]2CC[C@@H](C1)N2Cc1ccc(Cl)cc1. The third kappa shape index (κ3) is 4.72. The zero-order valence-corrected chi connectivity index (χ0v) is 16.9. The standard InChI is InChI=1S/C23H24ClN3O2/c24-18-7-5-16(6-8-18)14-27-20-9-10-21(27)12-19(11-20)26-23(28)15-29-22-4-2-1-3-17(22)13-25/h1-8,19-21H,9-12,14-15H2,(H,26,28)/t19?,20-,21+. The number of carbonyl (C=O) groups is 1. The molecule has 2 aromatic carbocycles. The summed E-state index contributed by atoms with van der Waals surface area (Å²) in [6, 6.07) is 18.3. The van der Waals surface area contributed by atoms with Crippen LogP contribution in [0.25, 0.3) is 0 Å². The summed E-state index contributed by atoms with van der Waals surface area (Å²) in [6.45, 7) is 0.861. The van der Waals surface area contributed by atoms with Crippen LogP contribution >= 0.6 is 11.6 Å². The predicted molar refractivity (Wildman–Crippen MR) is 112 cm³/mol. The molecule has 1 amide bonds. The van der Waals surface area contributed by atoms with Crippen molar-refractivity contribution in [2.75, 3.05) is 6.61 Å². The van der Waals surface area contributed by atoms with Gasteiger partial charge in [0.15, 0.2) is 6.61 Å². The van der Waals surface area contributed by atoms with E-state index in [0.29, 0.717) is 23.4 Å². The minimum atomic E-state index is -0.131. The van der Waals surface area contributed by atoms with Crippen molar-refractivity contribution < 1.29 is 9.53 Å². The van der Waals surface area contributed by atoms with E-state index in [0.717, 1.165) is 24.4 Å². The van der Waals surface area contributed by atoms with E-state index >= 15 is 0 Å². The third-order valence-electron chi connectivity index (χ3n) is 5.89. The van der Waals surface area contributed by atoms with E-state index in [-0.39, 0.29) is 18.6 Å². The summed E-state index contributed by atoms with van der Waals surface area (Å²) < 4.78 is 5.55. The van der Waals surface area contributed by atoms with Crippen molar-refractivity contribution in [1.29, 1.82) is 5.26 Å². The fourth-order valence-electron chi connectivity index (χ4n) is 4.55. The highest BCUT2D eigenvalue weighted by Gasteiger charge is 2.40. The Balaban J connectivity index is 1.29. The lowest BCUT2D eigenvalue weighted by molar-refractivity contribution is -0.124. The number of piperidine rings is 1. The molecular formula is C23H24ClN3O2. The minimum Gasteiger partial charge on any atom is -0.482 e. The first-order valence-corrected chi connectivity index (χ1v) is 10.4. The van der Waals surface area contributed by atoms with Gasteiger partial charge >= 0.3 is 0 Å². The quantitative estimate of drug-likeness (QED) is 0.785. The highest BCUT2D eigenvalue weighted by Crippen LogP contribution is 2.37. The van der Waals surface area contributed by atoms with Gasteiger partial charge in [-0.25, -0.2) is 0 Å². The molecule has 2 aliphatic heterocycles. The Hall–Kier alpha value is -2.55. The van der Waals surface area contributed by atoms with Gasteiger partial charge in [0, 0.05) is 29.7 Å². The number of hydrogen-bond acceptors (Lipinski definition) is 4. The van der Waals surface area contributed by atoms with Gasteiger partial charge in [-0.1, -0.05) is 35.9 Å². The molecule has 150 valence electrons. The molecular weight excluding hydrogens is 386 g/mol. The van der Waals surface area contributed by atoms with Crippen LogP contribution in [0.15, 0.2) is 48.5 Å². The third-order valence-corrected chi connectivity index (χ3v) is 6.15. The molecule has 2 aliphatic rings. The van der Waals surface area contributed by atoms with E-state index < -0.39 is 0 Å². The highest BCUT2D eigenvalue weighted by molar-refractivity contribution is 6.30. The molecule has 0 radical (unpaired) electrons. The Morgan fingerprint density at radius 1 is 1.14 bits per heavy atom. The summed E-state index contributed by atoms with van der Waals surface area (Å²) in [5.74, 6) is 0.316. The van der Waals surface area contributed by atoms with Gasteiger partial charge in [-0.2, -0.15) is 5.26 Å². The number of amides is 1. The van der Waals surface area contributed by atoms with Crippen molar-refractivity contribution in [2.24, 2.45) is 0 Å². The highest BCUT2D eigenvalue weighted by atomic mass is 35.5. The average molecular weight is 410 g/mol. The molecule has 4 rings (SSSR count). The topological polar surface area (TPSA) is 65.4 Å². The smallest absolute Gasteiger partial charge is 0.258 e. The Morgan fingerprint density at radius 2 is 1.83 bits per heavy atom. The van der Waals surface area contributed by atoms with E-state index in [1.165, 1.54) is 18.4 Å². The van der Waals surface area contributed by atoms with Gasteiger partial charge in [-0.15, -0.1) is 0 Å². The monoisotopic (exact) mass is 409 g/mol. The molecule has 2 bridgehead atoms. The molecule has 2 heterocycles. The summed E-state index contributed by atoms with van der Waals surface area (Å²) in [5.41, 5.74) is 1.71. The first-order chi connectivity index (χ1) is 14.1. The summed E-state index contributed by atoms with van der Waals surface area (Å²) >= 11 is 5.99. The number of nitrogens with one attached hydrogen (secondary N) is 1. The number of nitriles is 1. The average Bonchev–Trinajstić information content (AvgIpc) is 2.96. The second-order valence-electron chi connectivity index (χ2n) is 7.82. The first-order valence-electron chi connectivity index (χ1n) is 10.0. The molecule has 0 saturated carbocycles. The van der Waals surface area contributed by atoms with Gasteiger partial charge in [-0.05, 0) is 55.5 Å². The van der Waals surface area contributed by atoms with Crippen LogP contribution in [-0.2, 0) is 11.3 Å². The molecule has 0 aromatic heterocycles. The Kier molecular flexibility index (Phi) is 6.03.